The molecule has 0 amide bonds. The summed E-state index contributed by atoms with van der Waals surface area (Å²) >= 11 is 0. The summed E-state index contributed by atoms with van der Waals surface area (Å²) in [6.45, 7) is -0.276. The van der Waals surface area contributed by atoms with Crippen molar-refractivity contribution in [3.8, 4) is 34.5 Å². The summed E-state index contributed by atoms with van der Waals surface area (Å²) in [5.41, 5.74) is 0.838. The molecule has 9 nitrogen and oxygen atoms in total. The first-order valence-electron chi connectivity index (χ1n) is 6.99. The molecule has 24 heavy (non-hydrogen) atoms. The van der Waals surface area contributed by atoms with Gasteiger partial charge in [0.25, 0.3) is 0 Å². The van der Waals surface area contributed by atoms with Gasteiger partial charge in [0, 0.05) is 0 Å². The van der Waals surface area contributed by atoms with Crippen LogP contribution in [0.1, 0.15) is 0 Å². The Kier molecular flexibility index (Phi) is 2.44. The van der Waals surface area contributed by atoms with Crippen LogP contribution in [0.4, 0.5) is 5.69 Å². The third kappa shape index (κ3) is 1.60. The van der Waals surface area contributed by atoms with Crippen LogP contribution in [-0.4, -0.2) is 23.5 Å². The molecular weight excluding hydrogens is 320 g/mol. The number of ether oxygens (including phenoxy) is 4. The zero-order valence-corrected chi connectivity index (χ0v) is 12.0. The van der Waals surface area contributed by atoms with E-state index >= 15 is 0 Å². The van der Waals surface area contributed by atoms with Crippen molar-refractivity contribution in [1.82, 2.24) is 4.98 Å². The molecule has 2 aliphatic heterocycles. The number of nitro groups is 1. The normalized spacial score (nSPS) is 14.3. The maximum Gasteiger partial charge on any atom is 0.331 e. The first-order valence-corrected chi connectivity index (χ1v) is 6.99. The van der Waals surface area contributed by atoms with Gasteiger partial charge >= 0.3 is 5.69 Å². The fraction of sp³-hybridized carbons (Fsp3) is 0.133. The van der Waals surface area contributed by atoms with Crippen molar-refractivity contribution >= 4 is 16.8 Å². The zero-order valence-electron chi connectivity index (χ0n) is 12.0. The van der Waals surface area contributed by atoms with Gasteiger partial charge in [-0.3, -0.25) is 10.1 Å². The van der Waals surface area contributed by atoms with Crippen LogP contribution in [0, 0.1) is 10.1 Å². The monoisotopic (exact) mass is 328 g/mol. The number of aromatic nitrogens is 1. The van der Waals surface area contributed by atoms with Gasteiger partial charge in [0.15, 0.2) is 16.9 Å². The summed E-state index contributed by atoms with van der Waals surface area (Å²) in [5, 5.41) is 11.7. The Hall–Kier alpha value is -3.49. The van der Waals surface area contributed by atoms with Gasteiger partial charge in [0.1, 0.15) is 5.52 Å². The van der Waals surface area contributed by atoms with Gasteiger partial charge in [-0.15, -0.1) is 0 Å². The molecule has 9 heteroatoms. The van der Waals surface area contributed by atoms with Crippen LogP contribution < -0.4 is 18.9 Å². The maximum absolute atomic E-state index is 11.7. The van der Waals surface area contributed by atoms with Gasteiger partial charge in [0.05, 0.1) is 4.92 Å². The van der Waals surface area contributed by atoms with E-state index in [0.29, 0.717) is 11.1 Å². The number of para-hydroxylation sites is 2. The van der Waals surface area contributed by atoms with Crippen LogP contribution in [0.5, 0.6) is 23.0 Å². The Labute approximate surface area is 133 Å². The second-order valence-electron chi connectivity index (χ2n) is 5.10. The lowest BCUT2D eigenvalue weighted by Crippen LogP contribution is -2.22. The number of nitrogens with zero attached hydrogens (tertiary/aromatic N) is 2. The summed E-state index contributed by atoms with van der Waals surface area (Å²) in [5.74, 6) is 0.634. The second kappa shape index (κ2) is 4.51. The third-order valence-corrected chi connectivity index (χ3v) is 3.80. The van der Waals surface area contributed by atoms with Crippen molar-refractivity contribution in [2.45, 2.75) is 0 Å². The predicted molar refractivity (Wildman–Crippen MR) is 78.3 cm³/mol. The van der Waals surface area contributed by atoms with Gasteiger partial charge < -0.3 is 23.4 Å². The highest BCUT2D eigenvalue weighted by Crippen LogP contribution is 2.59. The Balaban J connectivity index is 1.88. The van der Waals surface area contributed by atoms with E-state index in [0.717, 1.165) is 0 Å². The molecule has 2 aliphatic rings. The molecule has 3 aromatic rings. The van der Waals surface area contributed by atoms with Crippen molar-refractivity contribution < 1.29 is 28.3 Å². The molecule has 120 valence electrons. The average Bonchev–Trinajstić information content (AvgIpc) is 2.99. The molecule has 0 unspecified atom stereocenters. The molecule has 0 saturated carbocycles. The number of benzene rings is 2. The lowest BCUT2D eigenvalue weighted by molar-refractivity contribution is -0.385. The van der Waals surface area contributed by atoms with Crippen LogP contribution in [0.3, 0.4) is 0 Å². The van der Waals surface area contributed by atoms with Gasteiger partial charge in [-0.2, -0.15) is 0 Å². The second-order valence-corrected chi connectivity index (χ2v) is 5.10. The van der Waals surface area contributed by atoms with E-state index < -0.39 is 4.92 Å². The van der Waals surface area contributed by atoms with E-state index in [9.17, 15) is 10.1 Å². The molecule has 0 atom stereocenters. The van der Waals surface area contributed by atoms with E-state index in [-0.39, 0.29) is 53.7 Å². The van der Waals surface area contributed by atoms with Gasteiger partial charge in [-0.1, -0.05) is 12.1 Å². The highest BCUT2D eigenvalue weighted by Gasteiger charge is 2.42. The van der Waals surface area contributed by atoms with Crippen LogP contribution in [0.25, 0.3) is 22.6 Å². The minimum atomic E-state index is -0.570. The number of hydrogen-bond acceptors (Lipinski definition) is 8. The summed E-state index contributed by atoms with van der Waals surface area (Å²) < 4.78 is 27.1. The first-order chi connectivity index (χ1) is 11.7. The Morgan fingerprint density at radius 3 is 2.38 bits per heavy atom. The molecule has 0 N–H and O–H groups in total. The number of oxazole rings is 1. The van der Waals surface area contributed by atoms with Crippen LogP contribution >= 0.6 is 0 Å². The molecular formula is C15H8N2O7. The average molecular weight is 328 g/mol. The number of rotatable bonds is 2. The fourth-order valence-electron chi connectivity index (χ4n) is 2.83. The number of hydrogen-bond donors (Lipinski definition) is 0. The SMILES string of the molecule is O=[N+]([O-])c1c2c3c(c(c1-c1nc4ccccc4o1)OCO3)OCO2. The van der Waals surface area contributed by atoms with Gasteiger partial charge in [-0.05, 0) is 12.1 Å². The number of nitro benzene ring substituents is 1. The Morgan fingerprint density at radius 2 is 1.62 bits per heavy atom. The summed E-state index contributed by atoms with van der Waals surface area (Å²) in [6, 6.07) is 7.06. The van der Waals surface area contributed by atoms with Crippen molar-refractivity contribution in [1.29, 1.82) is 0 Å². The molecule has 0 radical (unpaired) electrons. The summed E-state index contributed by atoms with van der Waals surface area (Å²) in [7, 11) is 0. The minimum absolute atomic E-state index is 0.00874. The van der Waals surface area contributed by atoms with Crippen molar-refractivity contribution in [3.63, 3.8) is 0 Å². The zero-order chi connectivity index (χ0) is 16.3. The highest BCUT2D eigenvalue weighted by atomic mass is 16.7. The van der Waals surface area contributed by atoms with Gasteiger partial charge in [0.2, 0.25) is 36.7 Å². The Bertz CT molecular complexity index is 978. The van der Waals surface area contributed by atoms with Crippen molar-refractivity contribution in [2.24, 2.45) is 0 Å². The van der Waals surface area contributed by atoms with Gasteiger partial charge in [-0.25, -0.2) is 4.98 Å². The molecule has 2 aromatic carbocycles. The fourth-order valence-corrected chi connectivity index (χ4v) is 2.83. The lowest BCUT2D eigenvalue weighted by atomic mass is 10.1. The highest BCUT2D eigenvalue weighted by molar-refractivity contribution is 5.89. The molecule has 0 aliphatic carbocycles. The maximum atomic E-state index is 11.7. The Morgan fingerprint density at radius 1 is 0.958 bits per heavy atom. The van der Waals surface area contributed by atoms with Crippen LogP contribution in [-0.2, 0) is 0 Å². The van der Waals surface area contributed by atoms with E-state index in [1.165, 1.54) is 0 Å². The van der Waals surface area contributed by atoms with Crippen LogP contribution in [0.2, 0.25) is 0 Å². The largest absolute Gasteiger partial charge is 0.452 e. The third-order valence-electron chi connectivity index (χ3n) is 3.80. The quantitative estimate of drug-likeness (QED) is 0.522. The lowest BCUT2D eigenvalue weighted by Gasteiger charge is -2.28. The summed E-state index contributed by atoms with van der Waals surface area (Å²) in [4.78, 5) is 15.4. The smallest absolute Gasteiger partial charge is 0.331 e. The van der Waals surface area contributed by atoms with E-state index in [2.05, 4.69) is 4.98 Å². The van der Waals surface area contributed by atoms with Crippen molar-refractivity contribution in [2.75, 3.05) is 13.6 Å². The molecule has 3 heterocycles. The molecule has 5 rings (SSSR count). The first kappa shape index (κ1) is 13.0. The molecule has 1 aromatic heterocycles. The molecule has 4 bridgehead atoms. The predicted octanol–water partition coefficient (Wildman–Crippen LogP) is 2.86. The topological polar surface area (TPSA) is 106 Å². The molecule has 0 spiro atoms. The van der Waals surface area contributed by atoms with E-state index in [4.69, 9.17) is 23.4 Å². The van der Waals surface area contributed by atoms with E-state index in [1.807, 2.05) is 0 Å². The van der Waals surface area contributed by atoms with Crippen molar-refractivity contribution in [3.05, 3.63) is 34.4 Å². The minimum Gasteiger partial charge on any atom is -0.452 e. The summed E-state index contributed by atoms with van der Waals surface area (Å²) in [6.07, 6.45) is 0. The molecule has 0 fully saturated rings. The molecule has 0 saturated heterocycles. The van der Waals surface area contributed by atoms with Crippen LogP contribution in [0.15, 0.2) is 28.7 Å². The number of fused-ring (bicyclic) bond motifs is 1. The standard InChI is InChI=1S/C15H8N2O7/c18-17(19)10-9(15-16-7-3-1-2-4-8(7)24-15)11-13-14(23-5-20-11)12(10)21-6-22-13/h1-4H,5-6H2. The van der Waals surface area contributed by atoms with E-state index in [1.54, 1.807) is 24.3 Å².